The van der Waals surface area contributed by atoms with Crippen molar-refractivity contribution in [2.24, 2.45) is 0 Å². The van der Waals surface area contributed by atoms with Gasteiger partial charge in [-0.05, 0) is 18.2 Å². The van der Waals surface area contributed by atoms with E-state index in [1.807, 2.05) is 0 Å². The molecule has 0 N–H and O–H groups in total. The van der Waals surface area contributed by atoms with Gasteiger partial charge in [0, 0.05) is 7.11 Å². The first-order chi connectivity index (χ1) is 8.89. The van der Waals surface area contributed by atoms with Crippen LogP contribution < -0.4 is 4.74 Å². The average molecular weight is 290 g/mol. The van der Waals surface area contributed by atoms with Crippen molar-refractivity contribution in [2.75, 3.05) is 32.3 Å². The summed E-state index contributed by atoms with van der Waals surface area (Å²) in [6, 6.07) is 3.38. The van der Waals surface area contributed by atoms with Gasteiger partial charge in [0.25, 0.3) is 0 Å². The molecule has 1 aromatic carbocycles. The van der Waals surface area contributed by atoms with Crippen LogP contribution in [0.2, 0.25) is 0 Å². The molecule has 7 heteroatoms. The highest BCUT2D eigenvalue weighted by Crippen LogP contribution is 2.20. The molecule has 5 nitrogen and oxygen atoms in total. The third-order valence-corrected chi connectivity index (χ3v) is 3.90. The van der Waals surface area contributed by atoms with E-state index in [1.165, 1.54) is 20.3 Å². The van der Waals surface area contributed by atoms with Crippen LogP contribution in [-0.2, 0) is 14.6 Å². The zero-order valence-corrected chi connectivity index (χ0v) is 11.5. The van der Waals surface area contributed by atoms with E-state index in [2.05, 4.69) is 4.74 Å². The van der Waals surface area contributed by atoms with Gasteiger partial charge in [-0.2, -0.15) is 0 Å². The average Bonchev–Trinajstić information content (AvgIpc) is 2.36. The fourth-order valence-electron chi connectivity index (χ4n) is 1.46. The van der Waals surface area contributed by atoms with Crippen LogP contribution in [0.25, 0.3) is 0 Å². The minimum atomic E-state index is -3.58. The van der Waals surface area contributed by atoms with E-state index < -0.39 is 27.2 Å². The summed E-state index contributed by atoms with van der Waals surface area (Å²) in [6.07, 6.45) is 0. The Morgan fingerprint density at radius 1 is 1.32 bits per heavy atom. The molecular formula is C12H15FO5S. The monoisotopic (exact) mass is 290 g/mol. The molecule has 0 heterocycles. The van der Waals surface area contributed by atoms with E-state index in [-0.39, 0.29) is 23.7 Å². The molecule has 106 valence electrons. The topological polar surface area (TPSA) is 69.7 Å². The second kappa shape index (κ2) is 6.63. The normalized spacial score (nSPS) is 11.3. The summed E-state index contributed by atoms with van der Waals surface area (Å²) in [5, 5.41) is 0. The molecule has 0 radical (unpaired) electrons. The van der Waals surface area contributed by atoms with Crippen molar-refractivity contribution in [3.63, 3.8) is 0 Å². The highest BCUT2D eigenvalue weighted by molar-refractivity contribution is 7.92. The number of sulfone groups is 1. The summed E-state index contributed by atoms with van der Waals surface area (Å²) >= 11 is 0. The number of halogens is 1. The van der Waals surface area contributed by atoms with Crippen LogP contribution in [0.3, 0.4) is 0 Å². The van der Waals surface area contributed by atoms with Gasteiger partial charge in [0.2, 0.25) is 0 Å². The summed E-state index contributed by atoms with van der Waals surface area (Å²) in [5.74, 6) is -2.14. The summed E-state index contributed by atoms with van der Waals surface area (Å²) < 4.78 is 45.9. The van der Waals surface area contributed by atoms with E-state index in [0.29, 0.717) is 0 Å². The van der Waals surface area contributed by atoms with Crippen LogP contribution in [0.5, 0.6) is 5.75 Å². The molecule has 0 aliphatic heterocycles. The molecule has 0 spiro atoms. The van der Waals surface area contributed by atoms with Gasteiger partial charge < -0.3 is 9.47 Å². The number of rotatable bonds is 7. The van der Waals surface area contributed by atoms with Gasteiger partial charge in [0.15, 0.2) is 15.6 Å². The molecule has 1 aromatic rings. The first kappa shape index (κ1) is 15.6. The van der Waals surface area contributed by atoms with Gasteiger partial charge in [0.1, 0.15) is 17.3 Å². The van der Waals surface area contributed by atoms with E-state index in [0.717, 1.165) is 12.1 Å². The Balaban J connectivity index is 2.92. The number of ether oxygens (including phenoxy) is 2. The molecule has 0 aliphatic rings. The number of carbonyl (C=O) groups excluding carboxylic acids is 1. The number of carbonyl (C=O) groups is 1. The lowest BCUT2D eigenvalue weighted by Gasteiger charge is -2.08. The summed E-state index contributed by atoms with van der Waals surface area (Å²) in [5.41, 5.74) is -0.0801. The number of hydrogen-bond donors (Lipinski definition) is 0. The van der Waals surface area contributed by atoms with E-state index in [4.69, 9.17) is 4.74 Å². The van der Waals surface area contributed by atoms with Crippen molar-refractivity contribution in [1.82, 2.24) is 0 Å². The fraction of sp³-hybridized carbons (Fsp3) is 0.417. The SMILES string of the molecule is COCCS(=O)(=O)CC(=O)c1cc(F)ccc1OC. The number of methoxy groups -OCH3 is 2. The zero-order valence-electron chi connectivity index (χ0n) is 10.7. The Kier molecular flexibility index (Phi) is 5.44. The van der Waals surface area contributed by atoms with Crippen LogP contribution in [-0.4, -0.2) is 46.5 Å². The third-order valence-electron chi connectivity index (χ3n) is 2.41. The molecule has 19 heavy (non-hydrogen) atoms. The predicted octanol–water partition coefficient (Wildman–Crippen LogP) is 1.08. The highest BCUT2D eigenvalue weighted by atomic mass is 32.2. The molecular weight excluding hydrogens is 275 g/mol. The molecule has 1 rings (SSSR count). The Hall–Kier alpha value is -1.47. The third kappa shape index (κ3) is 4.60. The molecule has 0 saturated carbocycles. The first-order valence-electron chi connectivity index (χ1n) is 5.45. The number of ketones is 1. The molecule has 0 aromatic heterocycles. The quantitative estimate of drug-likeness (QED) is 0.703. The maximum absolute atomic E-state index is 13.1. The van der Waals surface area contributed by atoms with E-state index in [1.54, 1.807) is 0 Å². The summed E-state index contributed by atoms with van der Waals surface area (Å²) in [7, 11) is -0.891. The Morgan fingerprint density at radius 2 is 2.00 bits per heavy atom. The van der Waals surface area contributed by atoms with Crippen molar-refractivity contribution in [1.29, 1.82) is 0 Å². The van der Waals surface area contributed by atoms with Crippen molar-refractivity contribution in [3.05, 3.63) is 29.6 Å². The smallest absolute Gasteiger partial charge is 0.181 e. The number of benzene rings is 1. The second-order valence-corrected chi connectivity index (χ2v) is 6.04. The Labute approximate surface area is 111 Å². The maximum atomic E-state index is 13.1. The van der Waals surface area contributed by atoms with Gasteiger partial charge >= 0.3 is 0 Å². The van der Waals surface area contributed by atoms with Crippen molar-refractivity contribution in [2.45, 2.75) is 0 Å². The molecule has 0 amide bonds. The lowest BCUT2D eigenvalue weighted by atomic mass is 10.1. The van der Waals surface area contributed by atoms with Crippen molar-refractivity contribution < 1.29 is 27.1 Å². The fourth-order valence-corrected chi connectivity index (χ4v) is 2.58. The number of Topliss-reactive ketones (excluding diaryl/α,β-unsaturated/α-hetero) is 1. The van der Waals surface area contributed by atoms with Gasteiger partial charge in [-0.1, -0.05) is 0 Å². The van der Waals surface area contributed by atoms with Gasteiger partial charge in [-0.25, -0.2) is 12.8 Å². The van der Waals surface area contributed by atoms with Gasteiger partial charge in [0.05, 0.1) is 25.0 Å². The molecule has 0 aliphatic carbocycles. The van der Waals surface area contributed by atoms with Crippen LogP contribution in [0.15, 0.2) is 18.2 Å². The van der Waals surface area contributed by atoms with Crippen LogP contribution >= 0.6 is 0 Å². The molecule has 0 unspecified atom stereocenters. The lowest BCUT2D eigenvalue weighted by Crippen LogP contribution is -2.21. The Morgan fingerprint density at radius 3 is 2.58 bits per heavy atom. The maximum Gasteiger partial charge on any atom is 0.181 e. The molecule has 0 saturated heterocycles. The molecule has 0 atom stereocenters. The minimum absolute atomic E-state index is 0.00982. The second-order valence-electron chi connectivity index (χ2n) is 3.85. The van der Waals surface area contributed by atoms with Crippen molar-refractivity contribution in [3.8, 4) is 5.75 Å². The summed E-state index contributed by atoms with van der Waals surface area (Å²) in [4.78, 5) is 11.9. The van der Waals surface area contributed by atoms with Gasteiger partial charge in [-0.3, -0.25) is 4.79 Å². The van der Waals surface area contributed by atoms with E-state index in [9.17, 15) is 17.6 Å². The van der Waals surface area contributed by atoms with Crippen molar-refractivity contribution >= 4 is 15.6 Å². The molecule has 0 bridgehead atoms. The lowest BCUT2D eigenvalue weighted by molar-refractivity contribution is 0.101. The largest absolute Gasteiger partial charge is 0.496 e. The molecule has 0 fully saturated rings. The highest BCUT2D eigenvalue weighted by Gasteiger charge is 2.21. The zero-order chi connectivity index (χ0) is 14.5. The van der Waals surface area contributed by atoms with Crippen LogP contribution in [0.4, 0.5) is 4.39 Å². The minimum Gasteiger partial charge on any atom is -0.496 e. The van der Waals surface area contributed by atoms with Crippen LogP contribution in [0.1, 0.15) is 10.4 Å². The number of hydrogen-bond acceptors (Lipinski definition) is 5. The Bertz CT molecular complexity index is 553. The summed E-state index contributed by atoms with van der Waals surface area (Å²) in [6.45, 7) is 0.00982. The predicted molar refractivity (Wildman–Crippen MR) is 67.8 cm³/mol. The standard InChI is InChI=1S/C12H15FO5S/c1-17-5-6-19(15,16)8-11(14)10-7-9(13)3-4-12(10)18-2/h3-4,7H,5-6,8H2,1-2H3. The first-order valence-corrected chi connectivity index (χ1v) is 7.28. The van der Waals surface area contributed by atoms with E-state index >= 15 is 0 Å². The van der Waals surface area contributed by atoms with Gasteiger partial charge in [-0.15, -0.1) is 0 Å². The van der Waals surface area contributed by atoms with Crippen LogP contribution in [0, 0.1) is 5.82 Å².